The van der Waals surface area contributed by atoms with E-state index in [1.165, 1.54) is 0 Å². The van der Waals surface area contributed by atoms with E-state index in [-0.39, 0.29) is 11.9 Å². The van der Waals surface area contributed by atoms with Gasteiger partial charge in [0.05, 0.1) is 5.92 Å². The molecule has 70 valence electrons. The highest BCUT2D eigenvalue weighted by Crippen LogP contribution is 2.19. The molecule has 0 amide bonds. The highest BCUT2D eigenvalue weighted by molar-refractivity contribution is 5.72. The van der Waals surface area contributed by atoms with Gasteiger partial charge in [-0.05, 0) is 25.4 Å². The van der Waals surface area contributed by atoms with Crippen LogP contribution in [-0.2, 0) is 9.53 Å². The Morgan fingerprint density at radius 1 is 1.75 bits per heavy atom. The van der Waals surface area contributed by atoms with Gasteiger partial charge in [0.25, 0.3) is 0 Å². The van der Waals surface area contributed by atoms with Gasteiger partial charge in [0.1, 0.15) is 0 Å². The summed E-state index contributed by atoms with van der Waals surface area (Å²) in [6, 6.07) is 0. The molecule has 1 heterocycles. The Morgan fingerprint density at radius 2 is 2.50 bits per heavy atom. The molecule has 0 aliphatic carbocycles. The molecule has 0 saturated carbocycles. The summed E-state index contributed by atoms with van der Waals surface area (Å²) in [4.78, 5) is 11.2. The highest BCUT2D eigenvalue weighted by Gasteiger charge is 2.28. The molecule has 1 saturated heterocycles. The van der Waals surface area contributed by atoms with Gasteiger partial charge in [-0.15, -0.1) is 0 Å². The molecule has 0 aromatic rings. The van der Waals surface area contributed by atoms with Gasteiger partial charge < -0.3 is 15.2 Å². The second kappa shape index (κ2) is 4.42. The van der Waals surface area contributed by atoms with Crippen molar-refractivity contribution in [3.8, 4) is 0 Å². The topological polar surface area (TPSA) is 58.6 Å². The molecule has 0 spiro atoms. The van der Waals surface area contributed by atoms with Crippen LogP contribution in [0.1, 0.15) is 13.3 Å². The van der Waals surface area contributed by atoms with Crippen LogP contribution in [0.2, 0.25) is 0 Å². The summed E-state index contributed by atoms with van der Waals surface area (Å²) in [5.41, 5.74) is 0. The largest absolute Gasteiger partial charge is 0.438 e. The van der Waals surface area contributed by atoms with Gasteiger partial charge in [-0.2, -0.15) is 0 Å². The van der Waals surface area contributed by atoms with Gasteiger partial charge in [0.15, 0.2) is 6.79 Å². The number of ether oxygens (including phenoxy) is 1. The fraction of sp³-hybridized carbons (Fsp3) is 0.875. The quantitative estimate of drug-likeness (QED) is 0.445. The van der Waals surface area contributed by atoms with Gasteiger partial charge in [0.2, 0.25) is 0 Å². The number of carbonyl (C=O) groups is 1. The first-order valence-electron chi connectivity index (χ1n) is 4.24. The third-order valence-electron chi connectivity index (χ3n) is 2.29. The standard InChI is InChI=1S/C8H15NO3/c1-6-4-9-3-2-7(6)8(11)12-5-10/h6-7,9-10H,2-5H2,1H3/t6-,7-/m1/s1. The number of esters is 1. The summed E-state index contributed by atoms with van der Waals surface area (Å²) in [5.74, 6) is -0.0114. The molecule has 4 heteroatoms. The van der Waals surface area contributed by atoms with Crippen LogP contribution in [0.25, 0.3) is 0 Å². The first-order chi connectivity index (χ1) is 5.75. The van der Waals surface area contributed by atoms with Gasteiger partial charge >= 0.3 is 5.97 Å². The Bertz CT molecular complexity index is 160. The summed E-state index contributed by atoms with van der Waals surface area (Å²) >= 11 is 0. The van der Waals surface area contributed by atoms with E-state index in [1.807, 2.05) is 6.92 Å². The van der Waals surface area contributed by atoms with Crippen molar-refractivity contribution < 1.29 is 14.6 Å². The maximum absolute atomic E-state index is 11.2. The molecule has 0 unspecified atom stereocenters. The van der Waals surface area contributed by atoms with E-state index < -0.39 is 6.79 Å². The Morgan fingerprint density at radius 3 is 3.08 bits per heavy atom. The molecular formula is C8H15NO3. The third kappa shape index (κ3) is 2.19. The molecule has 1 aliphatic rings. The number of aliphatic hydroxyl groups excluding tert-OH is 1. The van der Waals surface area contributed by atoms with Gasteiger partial charge in [0, 0.05) is 0 Å². The maximum Gasteiger partial charge on any atom is 0.311 e. The van der Waals surface area contributed by atoms with Crippen LogP contribution < -0.4 is 5.32 Å². The molecule has 2 N–H and O–H groups in total. The van der Waals surface area contributed by atoms with E-state index in [0.717, 1.165) is 19.5 Å². The van der Waals surface area contributed by atoms with E-state index in [0.29, 0.717) is 5.92 Å². The number of hydrogen-bond acceptors (Lipinski definition) is 4. The molecule has 0 aromatic carbocycles. The van der Waals surface area contributed by atoms with Crippen molar-refractivity contribution in [1.82, 2.24) is 5.32 Å². The number of carbonyl (C=O) groups excluding carboxylic acids is 1. The average Bonchev–Trinajstić information content (AvgIpc) is 2.05. The van der Waals surface area contributed by atoms with Crippen LogP contribution in [0.3, 0.4) is 0 Å². The number of piperidine rings is 1. The van der Waals surface area contributed by atoms with Gasteiger partial charge in [-0.3, -0.25) is 4.79 Å². The van der Waals surface area contributed by atoms with Crippen LogP contribution in [0.15, 0.2) is 0 Å². The van der Waals surface area contributed by atoms with E-state index in [9.17, 15) is 4.79 Å². The SMILES string of the molecule is C[C@@H]1CNCC[C@H]1C(=O)OCO. The van der Waals surface area contributed by atoms with E-state index in [2.05, 4.69) is 10.1 Å². The third-order valence-corrected chi connectivity index (χ3v) is 2.29. The molecule has 0 aromatic heterocycles. The molecule has 0 radical (unpaired) electrons. The number of rotatable bonds is 2. The van der Waals surface area contributed by atoms with Crippen molar-refractivity contribution in [2.24, 2.45) is 11.8 Å². The van der Waals surface area contributed by atoms with Crippen molar-refractivity contribution in [2.75, 3.05) is 19.9 Å². The summed E-state index contributed by atoms with van der Waals surface area (Å²) in [7, 11) is 0. The molecule has 1 aliphatic heterocycles. The predicted octanol–water partition coefficient (Wildman–Crippen LogP) is -0.275. The van der Waals surface area contributed by atoms with Crippen molar-refractivity contribution in [1.29, 1.82) is 0 Å². The van der Waals surface area contributed by atoms with Crippen LogP contribution in [0.4, 0.5) is 0 Å². The predicted molar refractivity (Wildman–Crippen MR) is 43.3 cm³/mol. The molecular weight excluding hydrogens is 158 g/mol. The molecule has 1 fully saturated rings. The van der Waals surface area contributed by atoms with Crippen molar-refractivity contribution >= 4 is 5.97 Å². The fourth-order valence-electron chi connectivity index (χ4n) is 1.53. The van der Waals surface area contributed by atoms with E-state index in [1.54, 1.807) is 0 Å². The van der Waals surface area contributed by atoms with Crippen LogP contribution in [0.5, 0.6) is 0 Å². The van der Waals surface area contributed by atoms with Crippen molar-refractivity contribution in [2.45, 2.75) is 13.3 Å². The zero-order valence-corrected chi connectivity index (χ0v) is 7.25. The monoisotopic (exact) mass is 173 g/mol. The minimum Gasteiger partial charge on any atom is -0.438 e. The zero-order chi connectivity index (χ0) is 8.97. The number of hydrogen-bond donors (Lipinski definition) is 2. The Labute approximate surface area is 71.9 Å². The molecule has 0 bridgehead atoms. The second-order valence-electron chi connectivity index (χ2n) is 3.17. The normalized spacial score (nSPS) is 29.8. The minimum atomic E-state index is -0.504. The lowest BCUT2D eigenvalue weighted by molar-refractivity contribution is -0.159. The lowest BCUT2D eigenvalue weighted by atomic mass is 9.88. The van der Waals surface area contributed by atoms with Gasteiger partial charge in [-0.25, -0.2) is 0 Å². The zero-order valence-electron chi connectivity index (χ0n) is 7.25. The van der Waals surface area contributed by atoms with Crippen molar-refractivity contribution in [3.05, 3.63) is 0 Å². The average molecular weight is 173 g/mol. The van der Waals surface area contributed by atoms with E-state index >= 15 is 0 Å². The molecule has 1 rings (SSSR count). The van der Waals surface area contributed by atoms with Crippen LogP contribution in [0, 0.1) is 11.8 Å². The van der Waals surface area contributed by atoms with E-state index in [4.69, 9.17) is 5.11 Å². The number of nitrogens with one attached hydrogen (secondary N) is 1. The fourth-order valence-corrected chi connectivity index (χ4v) is 1.53. The van der Waals surface area contributed by atoms with Crippen LogP contribution in [-0.4, -0.2) is 31.0 Å². The summed E-state index contributed by atoms with van der Waals surface area (Å²) in [5, 5.41) is 11.6. The van der Waals surface area contributed by atoms with Crippen molar-refractivity contribution in [3.63, 3.8) is 0 Å². The Hall–Kier alpha value is -0.610. The molecule has 12 heavy (non-hydrogen) atoms. The molecule has 2 atom stereocenters. The molecule has 4 nitrogen and oxygen atoms in total. The Balaban J connectivity index is 2.42. The maximum atomic E-state index is 11.2. The second-order valence-corrected chi connectivity index (χ2v) is 3.17. The summed E-state index contributed by atoms with van der Waals surface area (Å²) in [6.07, 6.45) is 0.806. The summed E-state index contributed by atoms with van der Waals surface area (Å²) < 4.78 is 4.54. The lowest BCUT2D eigenvalue weighted by Gasteiger charge is -2.27. The van der Waals surface area contributed by atoms with Gasteiger partial charge in [-0.1, -0.05) is 6.92 Å². The van der Waals surface area contributed by atoms with Crippen LogP contribution >= 0.6 is 0 Å². The first kappa shape index (κ1) is 9.48. The minimum absolute atomic E-state index is 0.0431. The smallest absolute Gasteiger partial charge is 0.311 e. The Kier molecular flexibility index (Phi) is 3.49. The highest BCUT2D eigenvalue weighted by atomic mass is 16.6. The summed E-state index contributed by atoms with van der Waals surface area (Å²) in [6.45, 7) is 3.21. The number of aliphatic hydroxyl groups is 1. The first-order valence-corrected chi connectivity index (χ1v) is 4.24. The lowest BCUT2D eigenvalue weighted by Crippen LogP contribution is -2.39.